The van der Waals surface area contributed by atoms with Gasteiger partial charge in [0.25, 0.3) is 0 Å². The average molecular weight is 234 g/mol. The first kappa shape index (κ1) is 12.1. The van der Waals surface area contributed by atoms with E-state index in [2.05, 4.69) is 34.4 Å². The summed E-state index contributed by atoms with van der Waals surface area (Å²) in [6.07, 6.45) is 7.67. The molecule has 1 saturated carbocycles. The number of nitrogens with zero attached hydrogens (tertiary/aromatic N) is 2. The van der Waals surface area contributed by atoms with Gasteiger partial charge in [-0.1, -0.05) is 13.3 Å². The van der Waals surface area contributed by atoms with E-state index in [0.717, 1.165) is 31.0 Å². The molecular weight excluding hydrogens is 212 g/mol. The monoisotopic (exact) mass is 234 g/mol. The second kappa shape index (κ2) is 5.84. The molecule has 4 nitrogen and oxygen atoms in total. The van der Waals surface area contributed by atoms with Crippen molar-refractivity contribution in [1.82, 2.24) is 9.97 Å². The maximum Gasteiger partial charge on any atom is 0.134 e. The van der Waals surface area contributed by atoms with Gasteiger partial charge in [-0.2, -0.15) is 0 Å². The molecule has 1 fully saturated rings. The Morgan fingerprint density at radius 1 is 1.24 bits per heavy atom. The van der Waals surface area contributed by atoms with E-state index in [0.29, 0.717) is 6.04 Å². The molecule has 0 spiro atoms. The first-order valence-electron chi connectivity index (χ1n) is 6.69. The van der Waals surface area contributed by atoms with Crippen LogP contribution in [0.15, 0.2) is 6.33 Å². The van der Waals surface area contributed by atoms with E-state index in [1.165, 1.54) is 24.8 Å². The zero-order valence-electron chi connectivity index (χ0n) is 10.8. The van der Waals surface area contributed by atoms with Crippen LogP contribution in [0.25, 0.3) is 0 Å². The Morgan fingerprint density at radius 2 is 2.00 bits per heavy atom. The Hall–Kier alpha value is -1.32. The molecule has 0 aliphatic heterocycles. The Morgan fingerprint density at radius 3 is 2.59 bits per heavy atom. The third kappa shape index (κ3) is 2.87. The van der Waals surface area contributed by atoms with E-state index < -0.39 is 0 Å². The molecule has 1 aromatic heterocycles. The number of aromatic nitrogens is 2. The minimum atomic E-state index is 0.620. The van der Waals surface area contributed by atoms with Crippen LogP contribution in [0, 0.1) is 0 Å². The van der Waals surface area contributed by atoms with Gasteiger partial charge in [-0.3, -0.25) is 0 Å². The second-order valence-corrected chi connectivity index (χ2v) is 4.60. The molecule has 0 bridgehead atoms. The molecule has 0 amide bonds. The van der Waals surface area contributed by atoms with Crippen LogP contribution in [0.3, 0.4) is 0 Å². The van der Waals surface area contributed by atoms with Crippen molar-refractivity contribution in [3.05, 3.63) is 11.9 Å². The van der Waals surface area contributed by atoms with Gasteiger partial charge in [0.15, 0.2) is 0 Å². The smallest absolute Gasteiger partial charge is 0.134 e. The molecule has 1 aliphatic rings. The number of hydrogen-bond donors (Lipinski definition) is 2. The summed E-state index contributed by atoms with van der Waals surface area (Å²) in [6, 6.07) is 0.620. The van der Waals surface area contributed by atoms with Crippen LogP contribution in [0.1, 0.15) is 45.1 Å². The van der Waals surface area contributed by atoms with Crippen molar-refractivity contribution in [1.29, 1.82) is 0 Å². The average Bonchev–Trinajstić information content (AvgIpc) is 2.27. The number of anilines is 2. The second-order valence-electron chi connectivity index (χ2n) is 4.60. The summed E-state index contributed by atoms with van der Waals surface area (Å²) >= 11 is 0. The van der Waals surface area contributed by atoms with Crippen molar-refractivity contribution in [3.8, 4) is 0 Å². The molecule has 1 heterocycles. The van der Waals surface area contributed by atoms with Crippen LogP contribution in [-0.4, -0.2) is 22.6 Å². The fourth-order valence-electron chi connectivity index (χ4n) is 2.09. The van der Waals surface area contributed by atoms with E-state index in [1.54, 1.807) is 6.33 Å². The minimum Gasteiger partial charge on any atom is -0.370 e. The standard InChI is InChI=1S/C13H22N4/c1-3-6-11-12(14-4-2)15-9-16-13(11)17-10-7-5-8-10/h9-10H,3-8H2,1-2H3,(H2,14,15,16,17). The van der Waals surface area contributed by atoms with E-state index >= 15 is 0 Å². The highest BCUT2D eigenvalue weighted by molar-refractivity contribution is 5.57. The van der Waals surface area contributed by atoms with Gasteiger partial charge in [0.2, 0.25) is 0 Å². The predicted octanol–water partition coefficient (Wildman–Crippen LogP) is 2.83. The zero-order valence-corrected chi connectivity index (χ0v) is 10.8. The molecule has 1 aromatic rings. The summed E-state index contributed by atoms with van der Waals surface area (Å²) in [4.78, 5) is 8.74. The Kier molecular flexibility index (Phi) is 4.18. The van der Waals surface area contributed by atoms with Gasteiger partial charge in [-0.05, 0) is 32.6 Å². The van der Waals surface area contributed by atoms with E-state index in [9.17, 15) is 0 Å². The summed E-state index contributed by atoms with van der Waals surface area (Å²) in [5.41, 5.74) is 1.24. The third-order valence-electron chi connectivity index (χ3n) is 3.24. The lowest BCUT2D eigenvalue weighted by atomic mass is 9.93. The topological polar surface area (TPSA) is 49.8 Å². The predicted molar refractivity (Wildman–Crippen MR) is 71.5 cm³/mol. The van der Waals surface area contributed by atoms with Crippen molar-refractivity contribution in [2.75, 3.05) is 17.2 Å². The lowest BCUT2D eigenvalue weighted by Crippen LogP contribution is -2.28. The van der Waals surface area contributed by atoms with Crippen LogP contribution in [-0.2, 0) is 6.42 Å². The maximum atomic E-state index is 4.40. The molecule has 0 radical (unpaired) electrons. The summed E-state index contributed by atoms with van der Waals surface area (Å²) < 4.78 is 0. The lowest BCUT2D eigenvalue weighted by Gasteiger charge is -2.28. The lowest BCUT2D eigenvalue weighted by molar-refractivity contribution is 0.444. The molecule has 0 atom stereocenters. The normalized spacial score (nSPS) is 15.4. The molecule has 1 aliphatic carbocycles. The van der Waals surface area contributed by atoms with Gasteiger partial charge in [0.1, 0.15) is 18.0 Å². The van der Waals surface area contributed by atoms with Crippen LogP contribution < -0.4 is 10.6 Å². The molecule has 4 heteroatoms. The fourth-order valence-corrected chi connectivity index (χ4v) is 2.09. The zero-order chi connectivity index (χ0) is 12.1. The quantitative estimate of drug-likeness (QED) is 0.794. The van der Waals surface area contributed by atoms with Crippen LogP contribution >= 0.6 is 0 Å². The summed E-state index contributed by atoms with van der Waals surface area (Å²) in [5.74, 6) is 2.02. The van der Waals surface area contributed by atoms with Gasteiger partial charge in [-0.15, -0.1) is 0 Å². The molecule has 94 valence electrons. The largest absolute Gasteiger partial charge is 0.370 e. The molecule has 2 N–H and O–H groups in total. The van der Waals surface area contributed by atoms with Crippen molar-refractivity contribution in [3.63, 3.8) is 0 Å². The van der Waals surface area contributed by atoms with Crippen molar-refractivity contribution < 1.29 is 0 Å². The van der Waals surface area contributed by atoms with Crippen molar-refractivity contribution in [2.45, 2.75) is 52.0 Å². The summed E-state index contributed by atoms with van der Waals surface area (Å²) in [5, 5.41) is 6.86. The van der Waals surface area contributed by atoms with Crippen LogP contribution in [0.4, 0.5) is 11.6 Å². The maximum absolute atomic E-state index is 4.40. The SMILES string of the molecule is CCCc1c(NCC)ncnc1NC1CCC1. The first-order chi connectivity index (χ1) is 8.35. The van der Waals surface area contributed by atoms with Crippen molar-refractivity contribution >= 4 is 11.6 Å². The third-order valence-corrected chi connectivity index (χ3v) is 3.24. The van der Waals surface area contributed by atoms with E-state index in [4.69, 9.17) is 0 Å². The summed E-state index contributed by atoms with van der Waals surface area (Å²) in [7, 11) is 0. The van der Waals surface area contributed by atoms with E-state index in [1.807, 2.05) is 0 Å². The molecule has 0 saturated heterocycles. The van der Waals surface area contributed by atoms with Crippen LogP contribution in [0.5, 0.6) is 0 Å². The highest BCUT2D eigenvalue weighted by Gasteiger charge is 2.19. The Bertz CT molecular complexity index is 360. The van der Waals surface area contributed by atoms with Gasteiger partial charge in [0, 0.05) is 18.2 Å². The molecule has 0 aromatic carbocycles. The van der Waals surface area contributed by atoms with Gasteiger partial charge in [0.05, 0.1) is 0 Å². The van der Waals surface area contributed by atoms with Crippen molar-refractivity contribution in [2.24, 2.45) is 0 Å². The van der Waals surface area contributed by atoms with E-state index in [-0.39, 0.29) is 0 Å². The van der Waals surface area contributed by atoms with Gasteiger partial charge in [-0.25, -0.2) is 9.97 Å². The fraction of sp³-hybridized carbons (Fsp3) is 0.692. The number of hydrogen-bond acceptors (Lipinski definition) is 4. The molecule has 0 unspecified atom stereocenters. The molecule has 2 rings (SSSR count). The number of nitrogens with one attached hydrogen (secondary N) is 2. The Balaban J connectivity index is 2.18. The number of rotatable bonds is 6. The summed E-state index contributed by atoms with van der Waals surface area (Å²) in [6.45, 7) is 5.18. The van der Waals surface area contributed by atoms with Gasteiger partial charge < -0.3 is 10.6 Å². The van der Waals surface area contributed by atoms with Gasteiger partial charge >= 0.3 is 0 Å². The first-order valence-corrected chi connectivity index (χ1v) is 6.69. The Labute approximate surface area is 103 Å². The molecule has 17 heavy (non-hydrogen) atoms. The van der Waals surface area contributed by atoms with Crippen LogP contribution in [0.2, 0.25) is 0 Å². The molecular formula is C13H22N4. The highest BCUT2D eigenvalue weighted by Crippen LogP contribution is 2.27. The minimum absolute atomic E-state index is 0.620. The highest BCUT2D eigenvalue weighted by atomic mass is 15.1.